The van der Waals surface area contributed by atoms with Crippen molar-refractivity contribution in [2.45, 2.75) is 19.9 Å². The maximum absolute atomic E-state index is 12.6. The predicted molar refractivity (Wildman–Crippen MR) is 108 cm³/mol. The first-order valence-corrected chi connectivity index (χ1v) is 10.2. The van der Waals surface area contributed by atoms with Gasteiger partial charge in [0, 0.05) is 23.3 Å². The molecule has 0 unspecified atom stereocenters. The van der Waals surface area contributed by atoms with E-state index in [1.54, 1.807) is 36.4 Å². The monoisotopic (exact) mass is 409 g/mol. The highest BCUT2D eigenvalue weighted by molar-refractivity contribution is 7.92. The molecule has 0 aliphatic carbocycles. The molecule has 0 bridgehead atoms. The van der Waals surface area contributed by atoms with Crippen LogP contribution in [0.25, 0.3) is 0 Å². The van der Waals surface area contributed by atoms with Gasteiger partial charge in [-0.15, -0.1) is 0 Å². The van der Waals surface area contributed by atoms with E-state index >= 15 is 0 Å². The number of halogens is 1. The number of nitrogens with zero attached hydrogens (tertiary/aromatic N) is 1. The quantitative estimate of drug-likeness (QED) is 0.766. The second-order valence-corrected chi connectivity index (χ2v) is 8.26. The number of hydrogen-bond donors (Lipinski definition) is 2. The van der Waals surface area contributed by atoms with Gasteiger partial charge in [0.1, 0.15) is 6.04 Å². The van der Waals surface area contributed by atoms with Crippen molar-refractivity contribution in [2.24, 2.45) is 0 Å². The van der Waals surface area contributed by atoms with Crippen LogP contribution in [0.1, 0.15) is 13.8 Å². The molecule has 0 saturated carbocycles. The van der Waals surface area contributed by atoms with Crippen LogP contribution in [0.5, 0.6) is 0 Å². The van der Waals surface area contributed by atoms with E-state index in [0.717, 1.165) is 10.6 Å². The molecule has 1 atom stereocenters. The van der Waals surface area contributed by atoms with Crippen molar-refractivity contribution < 1.29 is 18.0 Å². The summed E-state index contributed by atoms with van der Waals surface area (Å²) in [4.78, 5) is 23.8. The Kier molecular flexibility index (Phi) is 6.45. The van der Waals surface area contributed by atoms with Crippen LogP contribution in [0, 0.1) is 0 Å². The first-order chi connectivity index (χ1) is 12.6. The molecule has 0 aliphatic heterocycles. The molecule has 2 aromatic rings. The fourth-order valence-corrected chi connectivity index (χ4v) is 3.82. The molecule has 144 valence electrons. The normalized spacial score (nSPS) is 12.1. The third-order valence-electron chi connectivity index (χ3n) is 3.62. The highest BCUT2D eigenvalue weighted by atomic mass is 35.5. The largest absolute Gasteiger partial charge is 0.326 e. The van der Waals surface area contributed by atoms with Crippen molar-refractivity contribution in [2.75, 3.05) is 21.2 Å². The summed E-state index contributed by atoms with van der Waals surface area (Å²) in [7, 11) is -3.72. The van der Waals surface area contributed by atoms with E-state index in [1.807, 2.05) is 0 Å². The Morgan fingerprint density at radius 1 is 1.04 bits per heavy atom. The zero-order valence-corrected chi connectivity index (χ0v) is 16.6. The van der Waals surface area contributed by atoms with Gasteiger partial charge in [-0.2, -0.15) is 0 Å². The zero-order valence-electron chi connectivity index (χ0n) is 15.1. The number of amides is 2. The summed E-state index contributed by atoms with van der Waals surface area (Å²) in [6.07, 6.45) is 1.03. The molecule has 2 amide bonds. The van der Waals surface area contributed by atoms with E-state index in [-0.39, 0.29) is 5.91 Å². The van der Waals surface area contributed by atoms with Crippen molar-refractivity contribution in [3.8, 4) is 0 Å². The Hall–Kier alpha value is -2.58. The van der Waals surface area contributed by atoms with Crippen LogP contribution >= 0.6 is 11.6 Å². The van der Waals surface area contributed by atoms with Gasteiger partial charge in [0.15, 0.2) is 0 Å². The van der Waals surface area contributed by atoms with Crippen molar-refractivity contribution in [3.05, 3.63) is 53.6 Å². The molecule has 0 heterocycles. The Labute approximate surface area is 163 Å². The molecule has 2 rings (SSSR count). The van der Waals surface area contributed by atoms with Crippen LogP contribution in [0.2, 0.25) is 5.02 Å². The molecule has 27 heavy (non-hydrogen) atoms. The molecule has 0 spiro atoms. The number of sulfonamides is 1. The summed E-state index contributed by atoms with van der Waals surface area (Å²) in [6, 6.07) is 11.7. The van der Waals surface area contributed by atoms with Gasteiger partial charge in [-0.25, -0.2) is 8.42 Å². The Morgan fingerprint density at radius 3 is 2.11 bits per heavy atom. The zero-order chi connectivity index (χ0) is 20.2. The third kappa shape index (κ3) is 5.70. The first-order valence-electron chi connectivity index (χ1n) is 8.01. The molecule has 0 aromatic heterocycles. The maximum Gasteiger partial charge on any atom is 0.247 e. The minimum atomic E-state index is -3.72. The molecule has 0 saturated heterocycles. The van der Waals surface area contributed by atoms with Crippen LogP contribution in [0.4, 0.5) is 17.1 Å². The molecular weight excluding hydrogens is 390 g/mol. The summed E-state index contributed by atoms with van der Waals surface area (Å²) in [5.41, 5.74) is 1.28. The minimum Gasteiger partial charge on any atom is -0.326 e. The summed E-state index contributed by atoms with van der Waals surface area (Å²) in [6.45, 7) is 2.87. The third-order valence-corrected chi connectivity index (χ3v) is 5.11. The molecule has 2 aromatic carbocycles. The van der Waals surface area contributed by atoms with Crippen LogP contribution < -0.4 is 14.9 Å². The van der Waals surface area contributed by atoms with Gasteiger partial charge < -0.3 is 10.6 Å². The minimum absolute atomic E-state index is 0.238. The highest BCUT2D eigenvalue weighted by Gasteiger charge is 2.29. The first kappa shape index (κ1) is 20.7. The van der Waals surface area contributed by atoms with Gasteiger partial charge in [-0.1, -0.05) is 17.7 Å². The van der Waals surface area contributed by atoms with Gasteiger partial charge >= 0.3 is 0 Å². The summed E-state index contributed by atoms with van der Waals surface area (Å²) in [5.74, 6) is -0.756. The molecular formula is C18H20ClN3O4S. The average molecular weight is 410 g/mol. The van der Waals surface area contributed by atoms with Crippen molar-refractivity contribution in [1.82, 2.24) is 0 Å². The van der Waals surface area contributed by atoms with Crippen LogP contribution in [-0.4, -0.2) is 32.5 Å². The van der Waals surface area contributed by atoms with Gasteiger partial charge in [0.05, 0.1) is 11.9 Å². The lowest BCUT2D eigenvalue weighted by Crippen LogP contribution is -2.45. The van der Waals surface area contributed by atoms with E-state index in [0.29, 0.717) is 22.1 Å². The lowest BCUT2D eigenvalue weighted by atomic mass is 10.2. The molecule has 7 nitrogen and oxygen atoms in total. The Balaban J connectivity index is 2.25. The van der Waals surface area contributed by atoms with E-state index in [4.69, 9.17) is 11.6 Å². The summed E-state index contributed by atoms with van der Waals surface area (Å²) in [5, 5.41) is 5.74. The predicted octanol–water partition coefficient (Wildman–Crippen LogP) is 3.09. The van der Waals surface area contributed by atoms with Gasteiger partial charge in [-0.05, 0) is 49.4 Å². The fraction of sp³-hybridized carbons (Fsp3) is 0.222. The Morgan fingerprint density at radius 2 is 1.59 bits per heavy atom. The van der Waals surface area contributed by atoms with Crippen LogP contribution in [-0.2, 0) is 19.6 Å². The number of benzene rings is 2. The van der Waals surface area contributed by atoms with Crippen molar-refractivity contribution >= 4 is 50.5 Å². The number of carbonyl (C=O) groups excluding carboxylic acids is 2. The molecule has 2 N–H and O–H groups in total. The molecule has 9 heteroatoms. The number of hydrogen-bond acceptors (Lipinski definition) is 4. The highest BCUT2D eigenvalue weighted by Crippen LogP contribution is 2.24. The van der Waals surface area contributed by atoms with E-state index in [2.05, 4.69) is 10.6 Å². The topological polar surface area (TPSA) is 95.6 Å². The van der Waals surface area contributed by atoms with Gasteiger partial charge in [0.25, 0.3) is 0 Å². The SMILES string of the molecule is CC(=O)Nc1cccc(NC(=O)[C@H](C)N(c2ccc(Cl)cc2)S(C)(=O)=O)c1. The maximum atomic E-state index is 12.6. The van der Waals surface area contributed by atoms with E-state index in [1.165, 1.54) is 26.0 Å². The smallest absolute Gasteiger partial charge is 0.247 e. The van der Waals surface area contributed by atoms with Crippen LogP contribution in [0.15, 0.2) is 48.5 Å². The van der Waals surface area contributed by atoms with E-state index in [9.17, 15) is 18.0 Å². The number of nitrogens with one attached hydrogen (secondary N) is 2. The average Bonchev–Trinajstić information content (AvgIpc) is 2.55. The van der Waals surface area contributed by atoms with Crippen molar-refractivity contribution in [3.63, 3.8) is 0 Å². The molecule has 0 radical (unpaired) electrons. The second-order valence-electron chi connectivity index (χ2n) is 5.96. The number of rotatable bonds is 6. The van der Waals surface area contributed by atoms with E-state index < -0.39 is 22.0 Å². The number of anilines is 3. The molecule has 0 aliphatic rings. The number of carbonyl (C=O) groups is 2. The lowest BCUT2D eigenvalue weighted by Gasteiger charge is -2.28. The van der Waals surface area contributed by atoms with Gasteiger partial charge in [-0.3, -0.25) is 13.9 Å². The van der Waals surface area contributed by atoms with Crippen LogP contribution in [0.3, 0.4) is 0 Å². The standard InChI is InChI=1S/C18H20ClN3O4S/c1-12(22(27(3,25)26)17-9-7-14(19)8-10-17)18(24)21-16-6-4-5-15(11-16)20-13(2)23/h4-12H,1-3H3,(H,20,23)(H,21,24)/t12-/m0/s1. The summed E-state index contributed by atoms with van der Waals surface area (Å²) >= 11 is 5.85. The second kappa shape index (κ2) is 8.41. The Bertz CT molecular complexity index is 945. The molecule has 0 fully saturated rings. The van der Waals surface area contributed by atoms with Gasteiger partial charge in [0.2, 0.25) is 21.8 Å². The lowest BCUT2D eigenvalue weighted by molar-refractivity contribution is -0.117. The van der Waals surface area contributed by atoms with Crippen molar-refractivity contribution in [1.29, 1.82) is 0 Å². The summed E-state index contributed by atoms with van der Waals surface area (Å²) < 4.78 is 25.5. The fourth-order valence-electron chi connectivity index (χ4n) is 2.52.